The molecule has 0 bridgehead atoms. The summed E-state index contributed by atoms with van der Waals surface area (Å²) in [6, 6.07) is 11.0. The van der Waals surface area contributed by atoms with Crippen LogP contribution in [-0.4, -0.2) is 62.0 Å². The first kappa shape index (κ1) is 24.9. The molecule has 2 aromatic heterocycles. The second-order valence-electron chi connectivity index (χ2n) is 8.96. The van der Waals surface area contributed by atoms with Crippen LogP contribution in [0.25, 0.3) is 22.3 Å². The summed E-state index contributed by atoms with van der Waals surface area (Å²) in [6.07, 6.45) is 1.74. The largest absolute Gasteiger partial charge is 0.496 e. The highest BCUT2D eigenvalue weighted by Crippen LogP contribution is 2.34. The summed E-state index contributed by atoms with van der Waals surface area (Å²) in [4.78, 5) is 34.1. The van der Waals surface area contributed by atoms with E-state index in [4.69, 9.17) is 15.6 Å². The Hall–Kier alpha value is -4.74. The van der Waals surface area contributed by atoms with Gasteiger partial charge in [-0.15, -0.1) is 0 Å². The number of fused-ring (bicyclic) bond motifs is 1. The lowest BCUT2D eigenvalue weighted by Gasteiger charge is -2.30. The van der Waals surface area contributed by atoms with E-state index in [0.29, 0.717) is 53.0 Å². The highest BCUT2D eigenvalue weighted by Gasteiger charge is 2.28. The molecule has 1 saturated heterocycles. The number of aromatic nitrogens is 4. The summed E-state index contributed by atoms with van der Waals surface area (Å²) in [5.41, 5.74) is 8.28. The number of carbonyl (C=O) groups excluding carboxylic acids is 1. The van der Waals surface area contributed by atoms with Gasteiger partial charge in [-0.3, -0.25) is 4.79 Å². The molecule has 2 aromatic carbocycles. The smallest absolute Gasteiger partial charge is 0.407 e. The standard InChI is InChI=1S/C26H26FN7O4/c1-38-20-7-3-2-6-18(20)25(35)29-12-16-11-15(8-9-19(16)27)22-21-23(28)30-14-31-24(21)34(32-22)17-5-4-10-33(13-17)26(36)37/h2-3,6-9,11,14,17H,4-5,10,12-13H2,1H3,(H,29,35)(H,36,37)(H2,28,30,31)/t17-/m1/s1. The number of hydrogen-bond acceptors (Lipinski definition) is 7. The first-order chi connectivity index (χ1) is 18.4. The molecule has 2 amide bonds. The van der Waals surface area contributed by atoms with Gasteiger partial charge in [-0.1, -0.05) is 12.1 Å². The number of anilines is 1. The number of amides is 2. The molecule has 4 N–H and O–H groups in total. The second-order valence-corrected chi connectivity index (χ2v) is 8.96. The van der Waals surface area contributed by atoms with E-state index in [2.05, 4.69) is 15.3 Å². The van der Waals surface area contributed by atoms with Crippen LogP contribution in [0.3, 0.4) is 0 Å². The van der Waals surface area contributed by atoms with Gasteiger partial charge in [0.25, 0.3) is 5.91 Å². The van der Waals surface area contributed by atoms with Crippen LogP contribution in [-0.2, 0) is 6.54 Å². The highest BCUT2D eigenvalue weighted by atomic mass is 19.1. The van der Waals surface area contributed by atoms with Gasteiger partial charge in [0.2, 0.25) is 0 Å². The molecule has 5 rings (SSSR count). The number of hydrogen-bond donors (Lipinski definition) is 3. The lowest BCUT2D eigenvalue weighted by atomic mass is 10.0. The Labute approximate surface area is 217 Å². The van der Waals surface area contributed by atoms with Crippen molar-refractivity contribution in [2.24, 2.45) is 0 Å². The first-order valence-corrected chi connectivity index (χ1v) is 12.0. The molecule has 11 nitrogen and oxygen atoms in total. The van der Waals surface area contributed by atoms with Crippen molar-refractivity contribution >= 4 is 28.9 Å². The second kappa shape index (κ2) is 10.3. The molecule has 38 heavy (non-hydrogen) atoms. The number of halogens is 1. The minimum absolute atomic E-state index is 0.0720. The van der Waals surface area contributed by atoms with E-state index >= 15 is 0 Å². The highest BCUT2D eigenvalue weighted by molar-refractivity contribution is 5.98. The third kappa shape index (κ3) is 4.67. The summed E-state index contributed by atoms with van der Waals surface area (Å²) in [5, 5.41) is 17.5. The fourth-order valence-corrected chi connectivity index (χ4v) is 4.74. The average Bonchev–Trinajstić information content (AvgIpc) is 3.33. The van der Waals surface area contributed by atoms with Crippen molar-refractivity contribution in [2.75, 3.05) is 25.9 Å². The molecule has 0 aliphatic carbocycles. The first-order valence-electron chi connectivity index (χ1n) is 12.0. The maximum atomic E-state index is 14.8. The molecule has 0 spiro atoms. The number of nitrogens with zero attached hydrogens (tertiary/aromatic N) is 5. The van der Waals surface area contributed by atoms with Gasteiger partial charge in [0.05, 0.1) is 24.1 Å². The van der Waals surface area contributed by atoms with Gasteiger partial charge >= 0.3 is 6.09 Å². The Morgan fingerprint density at radius 3 is 2.84 bits per heavy atom. The predicted octanol–water partition coefficient (Wildman–Crippen LogP) is 3.47. The van der Waals surface area contributed by atoms with E-state index in [-0.39, 0.29) is 30.5 Å². The third-order valence-electron chi connectivity index (χ3n) is 6.64. The molecule has 0 radical (unpaired) electrons. The Morgan fingerprint density at radius 2 is 2.05 bits per heavy atom. The van der Waals surface area contributed by atoms with E-state index in [9.17, 15) is 19.1 Å². The van der Waals surface area contributed by atoms with Crippen molar-refractivity contribution in [3.05, 3.63) is 65.7 Å². The van der Waals surface area contributed by atoms with Gasteiger partial charge in [0.15, 0.2) is 5.65 Å². The summed E-state index contributed by atoms with van der Waals surface area (Å²) in [7, 11) is 1.47. The predicted molar refractivity (Wildman–Crippen MR) is 137 cm³/mol. The number of carboxylic acid groups (broad SMARTS) is 1. The zero-order chi connectivity index (χ0) is 26.8. The van der Waals surface area contributed by atoms with E-state index in [1.54, 1.807) is 41.1 Å². The topological polar surface area (TPSA) is 148 Å². The molecular formula is C26H26FN7O4. The molecule has 1 atom stereocenters. The summed E-state index contributed by atoms with van der Waals surface area (Å²) in [6.45, 7) is 0.646. The fourth-order valence-electron chi connectivity index (χ4n) is 4.74. The normalized spacial score (nSPS) is 15.4. The van der Waals surface area contributed by atoms with Crippen molar-refractivity contribution in [3.63, 3.8) is 0 Å². The Kier molecular flexibility index (Phi) is 6.77. The number of nitrogens with one attached hydrogen (secondary N) is 1. The maximum Gasteiger partial charge on any atom is 0.407 e. The Balaban J connectivity index is 1.48. The number of nitrogens with two attached hydrogens (primary N) is 1. The fraction of sp³-hybridized carbons (Fsp3) is 0.269. The van der Waals surface area contributed by atoms with Crippen molar-refractivity contribution in [1.29, 1.82) is 0 Å². The van der Waals surface area contributed by atoms with Crippen LogP contribution in [0.5, 0.6) is 5.75 Å². The molecule has 1 aliphatic heterocycles. The number of piperidine rings is 1. The van der Waals surface area contributed by atoms with E-state index < -0.39 is 17.8 Å². The third-order valence-corrected chi connectivity index (χ3v) is 6.64. The quantitative estimate of drug-likeness (QED) is 0.351. The van der Waals surface area contributed by atoms with Crippen LogP contribution in [0.4, 0.5) is 15.0 Å². The van der Waals surface area contributed by atoms with Crippen molar-refractivity contribution in [1.82, 2.24) is 30.0 Å². The van der Waals surface area contributed by atoms with Gasteiger partial charge in [0.1, 0.15) is 29.4 Å². The van der Waals surface area contributed by atoms with Crippen LogP contribution in [0.15, 0.2) is 48.8 Å². The van der Waals surface area contributed by atoms with Gasteiger partial charge in [-0.25, -0.2) is 23.8 Å². The van der Waals surface area contributed by atoms with Crippen molar-refractivity contribution < 1.29 is 23.8 Å². The minimum atomic E-state index is -0.987. The van der Waals surface area contributed by atoms with Crippen molar-refractivity contribution in [3.8, 4) is 17.0 Å². The molecule has 3 heterocycles. The van der Waals surface area contributed by atoms with Crippen LogP contribution in [0, 0.1) is 5.82 Å². The number of para-hydroxylation sites is 1. The zero-order valence-corrected chi connectivity index (χ0v) is 20.6. The number of benzene rings is 2. The number of nitrogen functional groups attached to an aromatic ring is 1. The summed E-state index contributed by atoms with van der Waals surface area (Å²) < 4.78 is 21.7. The zero-order valence-electron chi connectivity index (χ0n) is 20.6. The molecule has 196 valence electrons. The maximum absolute atomic E-state index is 14.8. The van der Waals surface area contributed by atoms with Crippen LogP contribution >= 0.6 is 0 Å². The average molecular weight is 520 g/mol. The monoisotopic (exact) mass is 519 g/mol. The van der Waals surface area contributed by atoms with Gasteiger partial charge in [-0.2, -0.15) is 5.10 Å². The Bertz CT molecular complexity index is 1520. The number of likely N-dealkylation sites (tertiary alicyclic amines) is 1. The van der Waals surface area contributed by atoms with E-state index in [0.717, 1.165) is 0 Å². The van der Waals surface area contributed by atoms with Gasteiger partial charge in [0, 0.05) is 30.8 Å². The van der Waals surface area contributed by atoms with E-state index in [1.807, 2.05) is 0 Å². The van der Waals surface area contributed by atoms with Crippen LogP contribution in [0.1, 0.15) is 34.8 Å². The van der Waals surface area contributed by atoms with Crippen molar-refractivity contribution in [2.45, 2.75) is 25.4 Å². The molecule has 4 aromatic rings. The number of methoxy groups -OCH3 is 1. The van der Waals surface area contributed by atoms with Crippen LogP contribution in [0.2, 0.25) is 0 Å². The van der Waals surface area contributed by atoms with E-state index in [1.165, 1.54) is 24.4 Å². The lowest BCUT2D eigenvalue weighted by molar-refractivity contribution is 0.0947. The number of carbonyl (C=O) groups is 2. The molecule has 1 aliphatic rings. The summed E-state index contributed by atoms with van der Waals surface area (Å²) in [5.74, 6) is -0.278. The Morgan fingerprint density at radius 1 is 1.24 bits per heavy atom. The molecule has 0 saturated carbocycles. The van der Waals surface area contributed by atoms with Gasteiger partial charge in [-0.05, 0) is 43.2 Å². The van der Waals surface area contributed by atoms with Crippen LogP contribution < -0.4 is 15.8 Å². The molecular weight excluding hydrogens is 493 g/mol. The number of ether oxygens (including phenoxy) is 1. The lowest BCUT2D eigenvalue weighted by Crippen LogP contribution is -2.40. The van der Waals surface area contributed by atoms with Gasteiger partial charge < -0.3 is 25.8 Å². The SMILES string of the molecule is COc1ccccc1C(=O)NCc1cc(-c2nn([C@@H]3CCCN(C(=O)O)C3)c3ncnc(N)c23)ccc1F. The molecule has 1 fully saturated rings. The minimum Gasteiger partial charge on any atom is -0.496 e. The molecule has 12 heteroatoms. The molecule has 0 unspecified atom stereocenters. The summed E-state index contributed by atoms with van der Waals surface area (Å²) >= 11 is 0. The number of rotatable bonds is 6.